The zero-order valence-electron chi connectivity index (χ0n) is 30.2. The standard InChI is InChI=1S/C49H28N6S2/c1-3-15-29(16-4-1)42-45-43(33-21-9-12-27-39(33)56-45)51-48(50-42)36-24-13-22-34-41-35(23-14-28-40(41)57-44(34)36)47-52-46(30-17-5-2-6-18-30)53-49(54-47)55-37-25-10-7-19-31(37)32-20-8-11-26-38(32)55/h1-28H. The summed E-state index contributed by atoms with van der Waals surface area (Å²) in [6.07, 6.45) is 0. The molecule has 0 amide bonds. The zero-order valence-corrected chi connectivity index (χ0v) is 31.8. The Morgan fingerprint density at radius 3 is 1.70 bits per heavy atom. The predicted octanol–water partition coefficient (Wildman–Crippen LogP) is 13.2. The first-order valence-corrected chi connectivity index (χ1v) is 20.4. The molecule has 0 N–H and O–H groups in total. The molecule has 0 aliphatic rings. The predicted molar refractivity (Wildman–Crippen MR) is 237 cm³/mol. The lowest BCUT2D eigenvalue weighted by Gasteiger charge is -2.11. The Labute approximate surface area is 334 Å². The smallest absolute Gasteiger partial charge is 0.238 e. The minimum absolute atomic E-state index is 0.576. The molecule has 8 heteroatoms. The second-order valence-corrected chi connectivity index (χ2v) is 16.1. The van der Waals surface area contributed by atoms with Gasteiger partial charge in [-0.25, -0.2) is 15.0 Å². The van der Waals surface area contributed by atoms with Crippen LogP contribution in [0.1, 0.15) is 0 Å². The molecule has 0 spiro atoms. The Morgan fingerprint density at radius 1 is 0.368 bits per heavy atom. The third kappa shape index (κ3) is 5.05. The van der Waals surface area contributed by atoms with Crippen molar-refractivity contribution in [2.75, 3.05) is 0 Å². The highest BCUT2D eigenvalue weighted by Gasteiger charge is 2.22. The molecule has 0 aliphatic heterocycles. The van der Waals surface area contributed by atoms with Gasteiger partial charge in [0, 0.05) is 63.3 Å². The third-order valence-corrected chi connectivity index (χ3v) is 13.1. The van der Waals surface area contributed by atoms with Crippen molar-refractivity contribution < 1.29 is 0 Å². The molecule has 0 bridgehead atoms. The van der Waals surface area contributed by atoms with Gasteiger partial charge in [0.15, 0.2) is 17.5 Å². The van der Waals surface area contributed by atoms with E-state index in [2.05, 4.69) is 150 Å². The van der Waals surface area contributed by atoms with Crippen molar-refractivity contribution in [1.29, 1.82) is 0 Å². The van der Waals surface area contributed by atoms with Gasteiger partial charge in [0.25, 0.3) is 0 Å². The van der Waals surface area contributed by atoms with E-state index in [1.807, 2.05) is 24.3 Å². The van der Waals surface area contributed by atoms with Gasteiger partial charge in [0.1, 0.15) is 0 Å². The molecule has 6 nitrogen and oxygen atoms in total. The van der Waals surface area contributed by atoms with Crippen LogP contribution < -0.4 is 0 Å². The van der Waals surface area contributed by atoms with E-state index in [-0.39, 0.29) is 0 Å². The van der Waals surface area contributed by atoms with E-state index in [9.17, 15) is 0 Å². The number of rotatable bonds is 5. The summed E-state index contributed by atoms with van der Waals surface area (Å²) in [7, 11) is 0. The number of hydrogen-bond donors (Lipinski definition) is 0. The van der Waals surface area contributed by atoms with E-state index in [4.69, 9.17) is 24.9 Å². The van der Waals surface area contributed by atoms with Crippen molar-refractivity contribution in [2.45, 2.75) is 0 Å². The van der Waals surface area contributed by atoms with Gasteiger partial charge in [-0.3, -0.25) is 4.57 Å². The minimum atomic E-state index is 0.576. The Morgan fingerprint density at radius 2 is 0.930 bits per heavy atom. The molecule has 266 valence electrons. The van der Waals surface area contributed by atoms with Gasteiger partial charge in [0.2, 0.25) is 5.95 Å². The van der Waals surface area contributed by atoms with E-state index in [1.54, 1.807) is 22.7 Å². The average molecular weight is 765 g/mol. The van der Waals surface area contributed by atoms with Crippen molar-refractivity contribution >= 4 is 85.0 Å². The number of aromatic nitrogens is 6. The van der Waals surface area contributed by atoms with Gasteiger partial charge in [0.05, 0.1) is 26.9 Å². The van der Waals surface area contributed by atoms with Gasteiger partial charge in [-0.2, -0.15) is 9.97 Å². The lowest BCUT2D eigenvalue weighted by molar-refractivity contribution is 0.954. The van der Waals surface area contributed by atoms with E-state index < -0.39 is 0 Å². The molecule has 0 fully saturated rings. The maximum Gasteiger partial charge on any atom is 0.238 e. The highest BCUT2D eigenvalue weighted by Crippen LogP contribution is 2.45. The minimum Gasteiger partial charge on any atom is -0.278 e. The van der Waals surface area contributed by atoms with Crippen LogP contribution in [0.4, 0.5) is 0 Å². The molecule has 12 rings (SSSR count). The lowest BCUT2D eigenvalue weighted by atomic mass is 10.0. The monoisotopic (exact) mass is 764 g/mol. The maximum absolute atomic E-state index is 5.34. The van der Waals surface area contributed by atoms with Gasteiger partial charge in [-0.1, -0.05) is 140 Å². The van der Waals surface area contributed by atoms with E-state index in [1.165, 1.54) is 4.70 Å². The molecule has 0 aliphatic carbocycles. The van der Waals surface area contributed by atoms with Crippen molar-refractivity contribution in [3.8, 4) is 51.4 Å². The second kappa shape index (κ2) is 12.7. The molecule has 0 atom stereocenters. The fourth-order valence-corrected chi connectivity index (χ4v) is 10.5. The van der Waals surface area contributed by atoms with Gasteiger partial charge in [-0.05, 0) is 30.3 Å². The molecule has 5 aromatic heterocycles. The molecule has 0 saturated carbocycles. The first-order valence-electron chi connectivity index (χ1n) is 18.8. The highest BCUT2D eigenvalue weighted by molar-refractivity contribution is 7.26. The Bertz CT molecular complexity index is 3480. The average Bonchev–Trinajstić information content (AvgIpc) is 3.96. The summed E-state index contributed by atoms with van der Waals surface area (Å²) in [6.45, 7) is 0. The van der Waals surface area contributed by atoms with E-state index in [0.717, 1.165) is 85.5 Å². The van der Waals surface area contributed by atoms with Crippen LogP contribution >= 0.6 is 22.7 Å². The van der Waals surface area contributed by atoms with Gasteiger partial charge in [-0.15, -0.1) is 22.7 Å². The number of hydrogen-bond acceptors (Lipinski definition) is 7. The number of nitrogens with zero attached hydrogens (tertiary/aromatic N) is 6. The van der Waals surface area contributed by atoms with Crippen LogP contribution in [0.5, 0.6) is 0 Å². The molecule has 5 heterocycles. The summed E-state index contributed by atoms with van der Waals surface area (Å²) in [5.41, 5.74) is 7.97. The molecular weight excluding hydrogens is 737 g/mol. The van der Waals surface area contributed by atoms with Gasteiger partial charge >= 0.3 is 0 Å². The van der Waals surface area contributed by atoms with Crippen LogP contribution in [-0.4, -0.2) is 29.5 Å². The van der Waals surface area contributed by atoms with Crippen LogP contribution in [-0.2, 0) is 0 Å². The van der Waals surface area contributed by atoms with Crippen LogP contribution in [0.15, 0.2) is 170 Å². The lowest BCUT2D eigenvalue weighted by Crippen LogP contribution is -2.06. The molecule has 0 unspecified atom stereocenters. The number of benzene rings is 7. The topological polar surface area (TPSA) is 69.4 Å². The second-order valence-electron chi connectivity index (χ2n) is 14.0. The Balaban J connectivity index is 1.11. The van der Waals surface area contributed by atoms with Crippen molar-refractivity contribution in [2.24, 2.45) is 0 Å². The summed E-state index contributed by atoms with van der Waals surface area (Å²) >= 11 is 3.51. The Hall–Kier alpha value is -7.13. The molecule has 12 aromatic rings. The highest BCUT2D eigenvalue weighted by atomic mass is 32.1. The zero-order chi connectivity index (χ0) is 37.5. The largest absolute Gasteiger partial charge is 0.278 e. The molecule has 0 radical (unpaired) electrons. The maximum atomic E-state index is 5.34. The summed E-state index contributed by atoms with van der Waals surface area (Å²) in [6, 6.07) is 58.9. The van der Waals surface area contributed by atoms with Crippen LogP contribution in [0, 0.1) is 0 Å². The first-order chi connectivity index (χ1) is 28.3. The number of fused-ring (bicyclic) bond motifs is 9. The SMILES string of the molecule is c1ccc(-c2nc(-c3cccc4sc5c(-c6nc(-c7ccccc7)c7sc8ccccc8c7n6)cccc5c34)nc(-n3c4ccccc4c4ccccc43)n2)cc1. The molecule has 57 heavy (non-hydrogen) atoms. The number of para-hydroxylation sites is 2. The quantitative estimate of drug-likeness (QED) is 0.175. The summed E-state index contributed by atoms with van der Waals surface area (Å²) in [5, 5.41) is 5.67. The van der Waals surface area contributed by atoms with Gasteiger partial charge < -0.3 is 0 Å². The normalized spacial score (nSPS) is 11.9. The Kier molecular flexibility index (Phi) is 7.17. The molecule has 0 saturated heterocycles. The van der Waals surface area contributed by atoms with E-state index >= 15 is 0 Å². The summed E-state index contributed by atoms with van der Waals surface area (Å²) in [5.74, 6) is 2.52. The molecular formula is C49H28N6S2. The molecule has 7 aromatic carbocycles. The van der Waals surface area contributed by atoms with Crippen LogP contribution in [0.2, 0.25) is 0 Å². The number of thiophene rings is 2. The fourth-order valence-electron chi connectivity index (χ4n) is 8.15. The van der Waals surface area contributed by atoms with Crippen molar-refractivity contribution in [3.63, 3.8) is 0 Å². The van der Waals surface area contributed by atoms with Crippen LogP contribution in [0.3, 0.4) is 0 Å². The van der Waals surface area contributed by atoms with E-state index in [0.29, 0.717) is 23.4 Å². The van der Waals surface area contributed by atoms with Crippen molar-refractivity contribution in [1.82, 2.24) is 29.5 Å². The van der Waals surface area contributed by atoms with Crippen LogP contribution in [0.25, 0.3) is 114 Å². The first kappa shape index (κ1) is 32.1. The van der Waals surface area contributed by atoms with Crippen molar-refractivity contribution in [3.05, 3.63) is 170 Å². The fraction of sp³-hybridized carbons (Fsp3) is 0. The summed E-state index contributed by atoms with van der Waals surface area (Å²) in [4.78, 5) is 26.3. The summed E-state index contributed by atoms with van der Waals surface area (Å²) < 4.78 is 6.73. The third-order valence-electron chi connectivity index (χ3n) is 10.7.